The minimum Gasteiger partial charge on any atom is -0.170 e. The van der Waals surface area contributed by atoms with Crippen molar-refractivity contribution in [1.82, 2.24) is 0 Å². The Balaban J connectivity index is 2.52. The van der Waals surface area contributed by atoms with Crippen molar-refractivity contribution in [3.05, 3.63) is 60.2 Å². The number of rotatable bonds is 1. The zero-order valence-corrected chi connectivity index (χ0v) is 8.54. The fourth-order valence-electron chi connectivity index (χ4n) is 1.94. The Bertz CT molecular complexity index is 415. The van der Waals surface area contributed by atoms with Crippen LogP contribution in [0.25, 0.3) is 0 Å². The van der Waals surface area contributed by atoms with Crippen molar-refractivity contribution in [1.29, 1.82) is 0 Å². The molecule has 0 fully saturated rings. The maximum atomic E-state index is 13.2. The monoisotopic (exact) mass is 224 g/mol. The van der Waals surface area contributed by atoms with Crippen molar-refractivity contribution < 1.29 is 13.2 Å². The van der Waals surface area contributed by atoms with E-state index in [1.807, 2.05) is 0 Å². The molecule has 0 spiro atoms. The third-order valence-corrected chi connectivity index (χ3v) is 2.86. The Morgan fingerprint density at radius 1 is 1.00 bits per heavy atom. The maximum Gasteiger partial charge on any atom is 0.402 e. The van der Waals surface area contributed by atoms with Gasteiger partial charge >= 0.3 is 6.18 Å². The predicted octanol–water partition coefficient (Wildman–Crippen LogP) is 4.00. The molecule has 1 atom stereocenters. The van der Waals surface area contributed by atoms with Crippen LogP contribution in [0.5, 0.6) is 0 Å². The van der Waals surface area contributed by atoms with Crippen LogP contribution in [0.4, 0.5) is 13.2 Å². The van der Waals surface area contributed by atoms with Gasteiger partial charge in [0.1, 0.15) is 5.41 Å². The highest BCUT2D eigenvalue weighted by molar-refractivity contribution is 5.37. The molecule has 1 unspecified atom stereocenters. The van der Waals surface area contributed by atoms with Gasteiger partial charge in [-0.05, 0) is 12.0 Å². The molecule has 84 valence electrons. The van der Waals surface area contributed by atoms with Gasteiger partial charge in [-0.1, -0.05) is 54.6 Å². The van der Waals surface area contributed by atoms with Gasteiger partial charge in [0.15, 0.2) is 0 Å². The second-order valence-electron chi connectivity index (χ2n) is 3.83. The highest BCUT2D eigenvalue weighted by Gasteiger charge is 2.53. The van der Waals surface area contributed by atoms with Crippen molar-refractivity contribution in [3.63, 3.8) is 0 Å². The zero-order valence-electron chi connectivity index (χ0n) is 8.54. The molecule has 1 aromatic carbocycles. The van der Waals surface area contributed by atoms with E-state index >= 15 is 0 Å². The molecule has 0 amide bonds. The van der Waals surface area contributed by atoms with Gasteiger partial charge in [-0.15, -0.1) is 0 Å². The van der Waals surface area contributed by atoms with Crippen molar-refractivity contribution >= 4 is 0 Å². The van der Waals surface area contributed by atoms with Gasteiger partial charge in [-0.2, -0.15) is 13.2 Å². The van der Waals surface area contributed by atoms with E-state index in [0.717, 1.165) is 0 Å². The first-order chi connectivity index (χ1) is 7.56. The maximum absolute atomic E-state index is 13.2. The summed E-state index contributed by atoms with van der Waals surface area (Å²) in [5.41, 5.74) is -1.56. The summed E-state index contributed by atoms with van der Waals surface area (Å²) in [6.45, 7) is 0. The summed E-state index contributed by atoms with van der Waals surface area (Å²) in [5, 5.41) is 0. The molecule has 0 radical (unpaired) electrons. The van der Waals surface area contributed by atoms with Crippen LogP contribution in [0.1, 0.15) is 12.0 Å². The molecular weight excluding hydrogens is 213 g/mol. The summed E-state index contributed by atoms with van der Waals surface area (Å²) < 4.78 is 39.6. The lowest BCUT2D eigenvalue weighted by atomic mass is 9.75. The van der Waals surface area contributed by atoms with E-state index in [0.29, 0.717) is 5.56 Å². The lowest BCUT2D eigenvalue weighted by Gasteiger charge is -2.34. The van der Waals surface area contributed by atoms with Gasteiger partial charge < -0.3 is 0 Å². The van der Waals surface area contributed by atoms with Crippen LogP contribution in [0, 0.1) is 0 Å². The fraction of sp³-hybridized carbons (Fsp3) is 0.231. The minimum absolute atomic E-state index is 0.0307. The third-order valence-electron chi connectivity index (χ3n) is 2.86. The van der Waals surface area contributed by atoms with Crippen LogP contribution >= 0.6 is 0 Å². The van der Waals surface area contributed by atoms with Crippen LogP contribution in [-0.4, -0.2) is 6.18 Å². The summed E-state index contributed by atoms with van der Waals surface area (Å²) in [4.78, 5) is 0. The molecule has 1 aliphatic rings. The third kappa shape index (κ3) is 1.66. The zero-order chi connectivity index (χ0) is 11.6. The van der Waals surface area contributed by atoms with Gasteiger partial charge in [0.2, 0.25) is 0 Å². The average Bonchev–Trinajstić information content (AvgIpc) is 2.30. The predicted molar refractivity (Wildman–Crippen MR) is 57.1 cm³/mol. The van der Waals surface area contributed by atoms with E-state index in [2.05, 4.69) is 0 Å². The molecule has 1 aliphatic carbocycles. The quantitative estimate of drug-likeness (QED) is 0.676. The van der Waals surface area contributed by atoms with Gasteiger partial charge in [-0.25, -0.2) is 0 Å². The fourth-order valence-corrected chi connectivity index (χ4v) is 1.94. The molecule has 0 aliphatic heterocycles. The van der Waals surface area contributed by atoms with E-state index in [-0.39, 0.29) is 6.42 Å². The molecule has 3 heteroatoms. The molecule has 0 bridgehead atoms. The van der Waals surface area contributed by atoms with Crippen molar-refractivity contribution in [2.24, 2.45) is 0 Å². The van der Waals surface area contributed by atoms with Gasteiger partial charge in [0.05, 0.1) is 0 Å². The van der Waals surface area contributed by atoms with Crippen molar-refractivity contribution in [2.45, 2.75) is 18.0 Å². The molecule has 16 heavy (non-hydrogen) atoms. The Kier molecular flexibility index (Phi) is 2.62. The van der Waals surface area contributed by atoms with Crippen LogP contribution in [0.3, 0.4) is 0 Å². The molecule has 0 aromatic heterocycles. The molecular formula is C13H11F3. The standard InChI is InChI=1S/C13H11F3/c14-13(15,16)12(9-5-2-6-10-12)11-7-3-1-4-8-11/h1-9H,10H2. The number of alkyl halides is 3. The van der Waals surface area contributed by atoms with E-state index in [1.54, 1.807) is 30.4 Å². The normalized spacial score (nSPS) is 24.7. The van der Waals surface area contributed by atoms with E-state index in [1.165, 1.54) is 24.3 Å². The van der Waals surface area contributed by atoms with Gasteiger partial charge in [0.25, 0.3) is 0 Å². The molecule has 0 saturated carbocycles. The van der Waals surface area contributed by atoms with Crippen LogP contribution in [0.2, 0.25) is 0 Å². The Morgan fingerprint density at radius 3 is 2.19 bits per heavy atom. The summed E-state index contributed by atoms with van der Waals surface area (Å²) in [6, 6.07) is 8.04. The van der Waals surface area contributed by atoms with Crippen molar-refractivity contribution in [3.8, 4) is 0 Å². The first-order valence-corrected chi connectivity index (χ1v) is 5.03. The lowest BCUT2D eigenvalue weighted by Crippen LogP contribution is -2.40. The molecule has 0 heterocycles. The smallest absolute Gasteiger partial charge is 0.170 e. The van der Waals surface area contributed by atoms with Crippen LogP contribution in [0.15, 0.2) is 54.6 Å². The summed E-state index contributed by atoms with van der Waals surface area (Å²) >= 11 is 0. The summed E-state index contributed by atoms with van der Waals surface area (Å²) in [5.74, 6) is 0. The second kappa shape index (κ2) is 3.81. The Labute approximate surface area is 92.1 Å². The topological polar surface area (TPSA) is 0 Å². The van der Waals surface area contributed by atoms with Crippen LogP contribution in [-0.2, 0) is 5.41 Å². The number of halogens is 3. The van der Waals surface area contributed by atoms with Crippen molar-refractivity contribution in [2.75, 3.05) is 0 Å². The molecule has 0 N–H and O–H groups in total. The lowest BCUT2D eigenvalue weighted by molar-refractivity contribution is -0.175. The molecule has 1 aromatic rings. The number of benzene rings is 1. The summed E-state index contributed by atoms with van der Waals surface area (Å²) in [7, 11) is 0. The summed E-state index contributed by atoms with van der Waals surface area (Å²) in [6.07, 6.45) is 1.60. The highest BCUT2D eigenvalue weighted by Crippen LogP contribution is 2.46. The molecule has 2 rings (SSSR count). The van der Waals surface area contributed by atoms with E-state index in [4.69, 9.17) is 0 Å². The minimum atomic E-state index is -4.27. The first-order valence-electron chi connectivity index (χ1n) is 5.03. The molecule has 0 saturated heterocycles. The average molecular weight is 224 g/mol. The molecule has 0 nitrogen and oxygen atoms in total. The first kappa shape index (κ1) is 11.0. The number of allylic oxidation sites excluding steroid dienone is 4. The SMILES string of the molecule is FC(F)(F)C1(c2ccccc2)C=CC=CC1. The van der Waals surface area contributed by atoms with Gasteiger partial charge in [0, 0.05) is 0 Å². The number of hydrogen-bond donors (Lipinski definition) is 0. The number of hydrogen-bond acceptors (Lipinski definition) is 0. The largest absolute Gasteiger partial charge is 0.402 e. The second-order valence-corrected chi connectivity index (χ2v) is 3.83. The van der Waals surface area contributed by atoms with Crippen LogP contribution < -0.4 is 0 Å². The highest BCUT2D eigenvalue weighted by atomic mass is 19.4. The Hall–Kier alpha value is -1.51. The van der Waals surface area contributed by atoms with E-state index in [9.17, 15) is 13.2 Å². The Morgan fingerprint density at radius 2 is 1.69 bits per heavy atom. The van der Waals surface area contributed by atoms with Gasteiger partial charge in [-0.3, -0.25) is 0 Å². The van der Waals surface area contributed by atoms with E-state index < -0.39 is 11.6 Å².